The number of nitrogens with two attached hydrogens (primary N) is 1. The highest BCUT2D eigenvalue weighted by Gasteiger charge is 2.62. The van der Waals surface area contributed by atoms with Crippen LogP contribution in [0.15, 0.2) is 24.4 Å². The summed E-state index contributed by atoms with van der Waals surface area (Å²) in [6.45, 7) is 2.87. The maximum absolute atomic E-state index is 13.4. The molecule has 2 fully saturated rings. The fourth-order valence-corrected chi connectivity index (χ4v) is 5.42. The molecule has 7 nitrogen and oxygen atoms in total. The number of fused-ring (bicyclic) bond motifs is 1. The Morgan fingerprint density at radius 2 is 2.16 bits per heavy atom. The quantitative estimate of drug-likeness (QED) is 0.639. The summed E-state index contributed by atoms with van der Waals surface area (Å²) in [7, 11) is 1.70. The molecule has 162 valence electrons. The molecule has 1 aromatic carbocycles. The molecule has 1 aliphatic heterocycles. The van der Waals surface area contributed by atoms with Crippen LogP contribution in [0.5, 0.6) is 0 Å². The molecular formula is C22H23Cl2N5O2. The molecule has 2 aliphatic rings. The lowest BCUT2D eigenvalue weighted by molar-refractivity contribution is 0.0615. The molecule has 1 amide bonds. The first-order valence-corrected chi connectivity index (χ1v) is 11.0. The van der Waals surface area contributed by atoms with Crippen LogP contribution in [0.2, 0.25) is 10.0 Å². The van der Waals surface area contributed by atoms with Crippen molar-refractivity contribution in [2.45, 2.75) is 44.4 Å². The summed E-state index contributed by atoms with van der Waals surface area (Å²) in [4.78, 5) is 24.5. The molecule has 2 N–H and O–H groups in total. The summed E-state index contributed by atoms with van der Waals surface area (Å²) < 4.78 is 7.36. The molecule has 5 rings (SSSR count). The van der Waals surface area contributed by atoms with Gasteiger partial charge >= 0.3 is 0 Å². The number of nitrogens with zero attached hydrogens (tertiary/aromatic N) is 4. The van der Waals surface area contributed by atoms with Gasteiger partial charge in [0.2, 0.25) is 5.78 Å². The summed E-state index contributed by atoms with van der Waals surface area (Å²) in [5.74, 6) is 0.342. The first-order valence-electron chi connectivity index (χ1n) is 10.3. The molecule has 1 spiro atoms. The Balaban J connectivity index is 1.64. The number of imidazole rings is 1. The Morgan fingerprint density at radius 1 is 1.35 bits per heavy atom. The lowest BCUT2D eigenvalue weighted by Crippen LogP contribution is -2.40. The number of halogens is 2. The van der Waals surface area contributed by atoms with Crippen molar-refractivity contribution in [2.75, 3.05) is 13.7 Å². The van der Waals surface area contributed by atoms with Crippen LogP contribution >= 0.6 is 23.2 Å². The Bertz CT molecular complexity index is 1210. The lowest BCUT2D eigenvalue weighted by atomic mass is 10.0. The van der Waals surface area contributed by atoms with Crippen LogP contribution in [-0.4, -0.2) is 50.5 Å². The Hall–Kier alpha value is -2.19. The molecular weight excluding hydrogens is 437 g/mol. The molecule has 1 saturated heterocycles. The molecule has 31 heavy (non-hydrogen) atoms. The van der Waals surface area contributed by atoms with Crippen molar-refractivity contribution in [1.82, 2.24) is 19.3 Å². The van der Waals surface area contributed by atoms with E-state index in [0.29, 0.717) is 28.1 Å². The number of amides is 1. The van der Waals surface area contributed by atoms with E-state index in [-0.39, 0.29) is 24.1 Å². The van der Waals surface area contributed by atoms with Gasteiger partial charge in [-0.15, -0.1) is 0 Å². The number of hydrogen-bond donors (Lipinski definition) is 1. The number of carbonyl (C=O) groups excluding carboxylic acids is 1. The predicted molar refractivity (Wildman–Crippen MR) is 119 cm³/mol. The van der Waals surface area contributed by atoms with E-state index in [2.05, 4.69) is 9.97 Å². The van der Waals surface area contributed by atoms with Gasteiger partial charge in [-0.3, -0.25) is 9.20 Å². The number of benzene rings is 1. The second-order valence-electron chi connectivity index (χ2n) is 8.24. The normalized spacial score (nSPS) is 22.6. The van der Waals surface area contributed by atoms with E-state index in [0.717, 1.165) is 41.8 Å². The molecule has 0 bridgehead atoms. The molecule has 1 saturated carbocycles. The number of rotatable bonds is 4. The average Bonchev–Trinajstić information content (AvgIpc) is 3.05. The van der Waals surface area contributed by atoms with E-state index in [1.54, 1.807) is 29.8 Å². The number of aromatic nitrogens is 3. The van der Waals surface area contributed by atoms with Crippen molar-refractivity contribution in [1.29, 1.82) is 0 Å². The highest BCUT2D eigenvalue weighted by molar-refractivity contribution is 6.36. The van der Waals surface area contributed by atoms with Crippen molar-refractivity contribution in [3.05, 3.63) is 51.4 Å². The minimum Gasteiger partial charge on any atom is -0.379 e. The molecule has 1 aliphatic carbocycles. The molecule has 2 aromatic heterocycles. The fourth-order valence-electron chi connectivity index (χ4n) is 4.92. The van der Waals surface area contributed by atoms with Gasteiger partial charge in [-0.25, -0.2) is 9.97 Å². The number of likely N-dealkylation sites (tertiary alicyclic amines) is 1. The van der Waals surface area contributed by atoms with E-state index >= 15 is 0 Å². The smallest absolute Gasteiger partial charge is 0.274 e. The molecule has 1 unspecified atom stereocenters. The summed E-state index contributed by atoms with van der Waals surface area (Å²) in [5.41, 5.74) is 9.37. The second-order valence-corrected chi connectivity index (χ2v) is 9.08. The summed E-state index contributed by atoms with van der Waals surface area (Å²) in [6.07, 6.45) is 4.65. The zero-order valence-electron chi connectivity index (χ0n) is 17.4. The van der Waals surface area contributed by atoms with Gasteiger partial charge in [0.1, 0.15) is 5.69 Å². The zero-order valence-corrected chi connectivity index (χ0v) is 18.9. The minimum atomic E-state index is -0.185. The number of carbonyl (C=O) groups is 1. The minimum absolute atomic E-state index is 0.0948. The van der Waals surface area contributed by atoms with Gasteiger partial charge in [0.05, 0.1) is 22.4 Å². The summed E-state index contributed by atoms with van der Waals surface area (Å²) in [5, 5.41) is 1.04. The van der Waals surface area contributed by atoms with Gasteiger partial charge in [-0.2, -0.15) is 0 Å². The van der Waals surface area contributed by atoms with Crippen molar-refractivity contribution in [3.63, 3.8) is 0 Å². The first-order chi connectivity index (χ1) is 14.9. The Labute approximate surface area is 190 Å². The molecule has 3 aromatic rings. The highest BCUT2D eigenvalue weighted by Crippen LogP contribution is 2.51. The molecule has 9 heteroatoms. The van der Waals surface area contributed by atoms with Crippen LogP contribution in [0, 0.1) is 6.92 Å². The average molecular weight is 460 g/mol. The first kappa shape index (κ1) is 20.7. The number of hydrogen-bond acceptors (Lipinski definition) is 5. The molecule has 0 radical (unpaired) electrons. The van der Waals surface area contributed by atoms with E-state index in [1.165, 1.54) is 0 Å². The van der Waals surface area contributed by atoms with Gasteiger partial charge in [0, 0.05) is 54.7 Å². The van der Waals surface area contributed by atoms with Crippen LogP contribution in [-0.2, 0) is 11.3 Å². The van der Waals surface area contributed by atoms with Gasteiger partial charge in [-0.1, -0.05) is 23.2 Å². The number of aryl methyl sites for hydroxylation is 1. The summed E-state index contributed by atoms with van der Waals surface area (Å²) >= 11 is 12.6. The van der Waals surface area contributed by atoms with Gasteiger partial charge < -0.3 is 15.4 Å². The molecule has 3 heterocycles. The van der Waals surface area contributed by atoms with Crippen molar-refractivity contribution < 1.29 is 9.53 Å². The number of methoxy groups -OCH3 is 1. The third kappa shape index (κ3) is 3.14. The van der Waals surface area contributed by atoms with E-state index in [9.17, 15) is 4.79 Å². The van der Waals surface area contributed by atoms with Crippen molar-refractivity contribution >= 4 is 34.9 Å². The van der Waals surface area contributed by atoms with Gasteiger partial charge in [-0.05, 0) is 38.0 Å². The van der Waals surface area contributed by atoms with Crippen LogP contribution in [0.3, 0.4) is 0 Å². The topological polar surface area (TPSA) is 85.8 Å². The SMILES string of the molecule is CO[C@@H]1CC12CCCN2C(=O)c1cn2c(-c3ccc(Cl)cc3Cl)c(CN)c(C)nc2n1. The Kier molecular flexibility index (Phi) is 4.97. The lowest BCUT2D eigenvalue weighted by Gasteiger charge is -2.24. The maximum Gasteiger partial charge on any atom is 0.274 e. The van der Waals surface area contributed by atoms with Crippen molar-refractivity contribution in [3.8, 4) is 11.3 Å². The molecule has 2 atom stereocenters. The van der Waals surface area contributed by atoms with Gasteiger partial charge in [0.15, 0.2) is 0 Å². The van der Waals surface area contributed by atoms with E-state index in [1.807, 2.05) is 17.9 Å². The standard InChI is InChI=1S/C22H23Cl2N5O2/c1-12-15(10-25)19(14-5-4-13(23)8-16(14)24)28-11-17(27-21(28)26-12)20(30)29-7-3-6-22(29)9-18(22)31-2/h4-5,8,11,18H,3,6-7,9-10,25H2,1-2H3/t18-,22?/m1/s1. The highest BCUT2D eigenvalue weighted by atomic mass is 35.5. The summed E-state index contributed by atoms with van der Waals surface area (Å²) in [6, 6.07) is 5.32. The predicted octanol–water partition coefficient (Wildman–Crippen LogP) is 3.86. The van der Waals surface area contributed by atoms with Gasteiger partial charge in [0.25, 0.3) is 5.91 Å². The monoisotopic (exact) mass is 459 g/mol. The third-order valence-electron chi connectivity index (χ3n) is 6.56. The zero-order chi connectivity index (χ0) is 21.9. The fraction of sp³-hybridized carbons (Fsp3) is 0.409. The van der Waals surface area contributed by atoms with E-state index < -0.39 is 0 Å². The van der Waals surface area contributed by atoms with Crippen LogP contribution < -0.4 is 5.73 Å². The second kappa shape index (κ2) is 7.45. The maximum atomic E-state index is 13.4. The van der Waals surface area contributed by atoms with E-state index in [4.69, 9.17) is 33.7 Å². The van der Waals surface area contributed by atoms with Crippen molar-refractivity contribution in [2.24, 2.45) is 5.73 Å². The van der Waals surface area contributed by atoms with Crippen LogP contribution in [0.25, 0.3) is 17.0 Å². The van der Waals surface area contributed by atoms with Crippen LogP contribution in [0.1, 0.15) is 41.0 Å². The number of ether oxygens (including phenoxy) is 1. The largest absolute Gasteiger partial charge is 0.379 e. The van der Waals surface area contributed by atoms with Crippen LogP contribution in [0.4, 0.5) is 0 Å². The Morgan fingerprint density at radius 3 is 2.84 bits per heavy atom. The third-order valence-corrected chi connectivity index (χ3v) is 7.11.